The highest BCUT2D eigenvalue weighted by molar-refractivity contribution is 7.89. The van der Waals surface area contributed by atoms with E-state index in [0.717, 1.165) is 25.1 Å². The van der Waals surface area contributed by atoms with Gasteiger partial charge in [-0.15, -0.1) is 6.58 Å². The van der Waals surface area contributed by atoms with Gasteiger partial charge in [-0.2, -0.15) is 4.31 Å². The lowest BCUT2D eigenvalue weighted by Crippen LogP contribution is -2.45. The van der Waals surface area contributed by atoms with Crippen LogP contribution in [0.5, 0.6) is 0 Å². The summed E-state index contributed by atoms with van der Waals surface area (Å²) in [6, 6.07) is 17.4. The molecule has 0 bridgehead atoms. The highest BCUT2D eigenvalue weighted by atomic mass is 32.2. The van der Waals surface area contributed by atoms with Gasteiger partial charge >= 0.3 is 0 Å². The molecule has 2 saturated heterocycles. The van der Waals surface area contributed by atoms with Crippen LogP contribution < -0.4 is 0 Å². The van der Waals surface area contributed by atoms with Crippen molar-refractivity contribution in [2.75, 3.05) is 13.1 Å². The molecule has 27 heavy (non-hydrogen) atoms. The van der Waals surface area contributed by atoms with Gasteiger partial charge in [-0.1, -0.05) is 54.1 Å². The molecule has 0 aliphatic carbocycles. The standard InChI is InChI=1S/C22H26N2O2S/c1-3-19-16-24(27(25,26)20-11-9-17(2)10-12-20)22-21(19)13-14-23(22)15-18-7-5-4-6-8-18/h3-12,19,21-22H,1,13-16H2,2H3/t19-,21+,22-/m0/s1. The molecule has 5 heteroatoms. The fraction of sp³-hybridized carbons (Fsp3) is 0.364. The summed E-state index contributed by atoms with van der Waals surface area (Å²) in [6.45, 7) is 8.13. The van der Waals surface area contributed by atoms with Gasteiger partial charge in [0.15, 0.2) is 0 Å². The maximum atomic E-state index is 13.4. The largest absolute Gasteiger partial charge is 0.282 e. The van der Waals surface area contributed by atoms with E-state index in [-0.39, 0.29) is 12.1 Å². The van der Waals surface area contributed by atoms with Crippen LogP contribution in [0.25, 0.3) is 0 Å². The fourth-order valence-corrected chi connectivity index (χ4v) is 6.17. The monoisotopic (exact) mass is 382 g/mol. The minimum atomic E-state index is -3.53. The van der Waals surface area contributed by atoms with Crippen LogP contribution in [0.2, 0.25) is 0 Å². The van der Waals surface area contributed by atoms with Crippen molar-refractivity contribution >= 4 is 10.0 Å². The van der Waals surface area contributed by atoms with E-state index in [2.05, 4.69) is 23.6 Å². The molecule has 0 saturated carbocycles. The maximum absolute atomic E-state index is 13.4. The zero-order valence-electron chi connectivity index (χ0n) is 15.7. The molecule has 3 atom stereocenters. The predicted octanol–water partition coefficient (Wildman–Crippen LogP) is 3.65. The molecule has 0 unspecified atom stereocenters. The molecule has 2 aliphatic heterocycles. The van der Waals surface area contributed by atoms with Crippen molar-refractivity contribution in [2.24, 2.45) is 11.8 Å². The Kier molecular flexibility index (Phi) is 4.93. The molecule has 0 amide bonds. The molecule has 2 aromatic rings. The van der Waals surface area contributed by atoms with Gasteiger partial charge in [0, 0.05) is 19.6 Å². The Morgan fingerprint density at radius 3 is 2.48 bits per heavy atom. The fourth-order valence-electron chi connectivity index (χ4n) is 4.47. The molecular formula is C22H26N2O2S. The van der Waals surface area contributed by atoms with E-state index in [1.165, 1.54) is 5.56 Å². The minimum absolute atomic E-state index is 0.0977. The van der Waals surface area contributed by atoms with Crippen LogP contribution in [0.4, 0.5) is 0 Å². The second-order valence-corrected chi connectivity index (χ2v) is 9.50. The lowest BCUT2D eigenvalue weighted by atomic mass is 9.94. The van der Waals surface area contributed by atoms with Crippen molar-refractivity contribution in [1.82, 2.24) is 9.21 Å². The Balaban J connectivity index is 1.66. The first-order valence-corrected chi connectivity index (χ1v) is 10.9. The van der Waals surface area contributed by atoms with Crippen LogP contribution in [0.1, 0.15) is 17.5 Å². The Labute approximate surface area is 162 Å². The molecule has 0 spiro atoms. The van der Waals surface area contributed by atoms with Crippen LogP contribution in [0.3, 0.4) is 0 Å². The molecule has 0 N–H and O–H groups in total. The Morgan fingerprint density at radius 2 is 1.81 bits per heavy atom. The van der Waals surface area contributed by atoms with Crippen LogP contribution >= 0.6 is 0 Å². The van der Waals surface area contributed by atoms with E-state index in [1.54, 1.807) is 16.4 Å². The van der Waals surface area contributed by atoms with E-state index >= 15 is 0 Å². The number of hydrogen-bond acceptors (Lipinski definition) is 3. The quantitative estimate of drug-likeness (QED) is 0.741. The van der Waals surface area contributed by atoms with Gasteiger partial charge in [-0.25, -0.2) is 8.42 Å². The number of likely N-dealkylation sites (tertiary alicyclic amines) is 1. The molecule has 2 aromatic carbocycles. The number of fused-ring (bicyclic) bond motifs is 1. The smallest absolute Gasteiger partial charge is 0.244 e. The van der Waals surface area contributed by atoms with Gasteiger partial charge in [0.1, 0.15) is 0 Å². The summed E-state index contributed by atoms with van der Waals surface area (Å²) in [5.41, 5.74) is 2.27. The summed E-state index contributed by atoms with van der Waals surface area (Å²) in [5, 5.41) is 0. The summed E-state index contributed by atoms with van der Waals surface area (Å²) in [4.78, 5) is 2.69. The molecule has 2 aliphatic rings. The Hall–Kier alpha value is -1.95. The molecule has 0 aromatic heterocycles. The first-order valence-electron chi connectivity index (χ1n) is 9.50. The van der Waals surface area contributed by atoms with Gasteiger partial charge in [-0.3, -0.25) is 4.90 Å². The molecular weight excluding hydrogens is 356 g/mol. The zero-order chi connectivity index (χ0) is 19.0. The van der Waals surface area contributed by atoms with E-state index in [0.29, 0.717) is 17.4 Å². The lowest BCUT2D eigenvalue weighted by molar-refractivity contribution is 0.149. The van der Waals surface area contributed by atoms with E-state index in [9.17, 15) is 8.42 Å². The van der Waals surface area contributed by atoms with Gasteiger partial charge < -0.3 is 0 Å². The van der Waals surface area contributed by atoms with Crippen LogP contribution in [-0.2, 0) is 16.6 Å². The van der Waals surface area contributed by atoms with Crippen LogP contribution in [0.15, 0.2) is 72.1 Å². The minimum Gasteiger partial charge on any atom is -0.282 e. The van der Waals surface area contributed by atoms with E-state index in [4.69, 9.17) is 0 Å². The third-order valence-corrected chi connectivity index (χ3v) is 7.75. The highest BCUT2D eigenvalue weighted by Crippen LogP contribution is 2.43. The summed E-state index contributed by atoms with van der Waals surface area (Å²) in [5.74, 6) is 0.516. The van der Waals surface area contributed by atoms with Gasteiger partial charge in [-0.05, 0) is 42.9 Å². The topological polar surface area (TPSA) is 40.6 Å². The molecule has 2 fully saturated rings. The van der Waals surface area contributed by atoms with Crippen molar-refractivity contribution in [1.29, 1.82) is 0 Å². The van der Waals surface area contributed by atoms with Crippen molar-refractivity contribution in [2.45, 2.75) is 31.0 Å². The Morgan fingerprint density at radius 1 is 1.11 bits per heavy atom. The molecule has 4 nitrogen and oxygen atoms in total. The number of benzene rings is 2. The third-order valence-electron chi connectivity index (χ3n) is 5.90. The summed E-state index contributed by atoms with van der Waals surface area (Å²) >= 11 is 0. The van der Waals surface area contributed by atoms with Crippen molar-refractivity contribution in [3.63, 3.8) is 0 Å². The van der Waals surface area contributed by atoms with Crippen molar-refractivity contribution in [3.8, 4) is 0 Å². The first-order chi connectivity index (χ1) is 13.0. The number of rotatable bonds is 5. The number of aryl methyl sites for hydroxylation is 1. The first kappa shape index (κ1) is 18.4. The van der Waals surface area contributed by atoms with Crippen LogP contribution in [-0.4, -0.2) is 36.9 Å². The second-order valence-electron chi connectivity index (χ2n) is 7.61. The van der Waals surface area contributed by atoms with Crippen LogP contribution in [0, 0.1) is 18.8 Å². The maximum Gasteiger partial charge on any atom is 0.244 e. The average molecular weight is 383 g/mol. The van der Waals surface area contributed by atoms with Crippen molar-refractivity contribution < 1.29 is 8.42 Å². The highest BCUT2D eigenvalue weighted by Gasteiger charge is 2.51. The van der Waals surface area contributed by atoms with Gasteiger partial charge in [0.05, 0.1) is 11.1 Å². The number of hydrogen-bond donors (Lipinski definition) is 0. The second kappa shape index (κ2) is 7.23. The molecule has 4 rings (SSSR count). The average Bonchev–Trinajstić information content (AvgIpc) is 3.24. The Bertz CT molecular complexity index is 909. The van der Waals surface area contributed by atoms with Gasteiger partial charge in [0.2, 0.25) is 10.0 Å². The zero-order valence-corrected chi connectivity index (χ0v) is 16.5. The normalized spacial score (nSPS) is 26.2. The molecule has 142 valence electrons. The third kappa shape index (κ3) is 3.35. The molecule has 2 heterocycles. The SMILES string of the molecule is C=C[C@H]1CN(S(=O)(=O)c2ccc(C)cc2)[C@H]2[C@@H]1CCN2Cc1ccccc1. The molecule has 0 radical (unpaired) electrons. The summed E-state index contributed by atoms with van der Waals surface area (Å²) in [6.07, 6.45) is 2.85. The van der Waals surface area contributed by atoms with Gasteiger partial charge in [0.25, 0.3) is 0 Å². The summed E-state index contributed by atoms with van der Waals surface area (Å²) in [7, 11) is -3.53. The van der Waals surface area contributed by atoms with E-state index < -0.39 is 10.0 Å². The lowest BCUT2D eigenvalue weighted by Gasteiger charge is -2.31. The predicted molar refractivity (Wildman–Crippen MR) is 108 cm³/mol. The van der Waals surface area contributed by atoms with E-state index in [1.807, 2.05) is 43.3 Å². The van der Waals surface area contributed by atoms with Crippen molar-refractivity contribution in [3.05, 3.63) is 78.4 Å². The number of sulfonamides is 1. The summed E-state index contributed by atoms with van der Waals surface area (Å²) < 4.78 is 28.5. The number of nitrogens with zero attached hydrogens (tertiary/aromatic N) is 2.